The number of alkyl halides is 5. The summed E-state index contributed by atoms with van der Waals surface area (Å²) < 4.78 is 72.2. The van der Waals surface area contributed by atoms with Crippen molar-refractivity contribution in [1.29, 1.82) is 0 Å². The molecule has 2 N–H and O–H groups in total. The average Bonchev–Trinajstić information content (AvgIpc) is 2.96. The predicted octanol–water partition coefficient (Wildman–Crippen LogP) is 4.22. The predicted molar refractivity (Wildman–Crippen MR) is 113 cm³/mol. The Morgan fingerprint density at radius 2 is 1.87 bits per heavy atom. The third kappa shape index (κ3) is 5.46. The molecule has 11 heteroatoms. The summed E-state index contributed by atoms with van der Waals surface area (Å²) in [5.41, 5.74) is 5.12. The molecule has 1 heterocycles. The summed E-state index contributed by atoms with van der Waals surface area (Å²) in [6, 6.07) is 7.22. The Bertz CT molecular complexity index is 1090. The van der Waals surface area contributed by atoms with Crippen LogP contribution in [0, 0.1) is 0 Å². The fourth-order valence-corrected chi connectivity index (χ4v) is 3.62. The molecule has 0 atom stereocenters. The summed E-state index contributed by atoms with van der Waals surface area (Å²) in [4.78, 5) is 15.4. The van der Waals surface area contributed by atoms with E-state index in [9.17, 15) is 26.7 Å². The van der Waals surface area contributed by atoms with E-state index in [4.69, 9.17) is 10.5 Å². The van der Waals surface area contributed by atoms with Crippen LogP contribution in [0.3, 0.4) is 0 Å². The summed E-state index contributed by atoms with van der Waals surface area (Å²) in [7, 11) is 1.73. The van der Waals surface area contributed by atoms with E-state index in [0.717, 1.165) is 29.5 Å². The van der Waals surface area contributed by atoms with E-state index in [2.05, 4.69) is 4.99 Å². The van der Waals surface area contributed by atoms with Gasteiger partial charge in [0.1, 0.15) is 26.0 Å². The van der Waals surface area contributed by atoms with Crippen LogP contribution in [-0.2, 0) is 18.7 Å². The Hall–Kier alpha value is -2.82. The van der Waals surface area contributed by atoms with E-state index >= 15 is 0 Å². The Kier molecular flexibility index (Phi) is 6.17. The van der Waals surface area contributed by atoms with Crippen molar-refractivity contribution in [3.63, 3.8) is 0 Å². The number of amides is 1. The molecular formula is C20H16BF5N2O2S. The molecule has 162 valence electrons. The van der Waals surface area contributed by atoms with Gasteiger partial charge in [0.15, 0.2) is 0 Å². The Morgan fingerprint density at radius 1 is 1.16 bits per heavy atom. The first-order chi connectivity index (χ1) is 14.3. The number of thioether (sulfide) groups is 1. The number of nitrogens with two attached hydrogens (primary N) is 1. The van der Waals surface area contributed by atoms with Crippen LogP contribution in [-0.4, -0.2) is 18.9 Å². The highest BCUT2D eigenvalue weighted by Crippen LogP contribution is 2.36. The number of carbonyl (C=O) groups excluding carboxylic acids is 1. The monoisotopic (exact) mass is 454 g/mol. The van der Waals surface area contributed by atoms with E-state index in [1.165, 1.54) is 0 Å². The highest BCUT2D eigenvalue weighted by molar-refractivity contribution is 8.18. The number of benzene rings is 2. The second-order valence-electron chi connectivity index (χ2n) is 6.95. The molecule has 0 aliphatic carbocycles. The van der Waals surface area contributed by atoms with Crippen molar-refractivity contribution in [2.75, 3.05) is 0 Å². The summed E-state index contributed by atoms with van der Waals surface area (Å²) in [6.45, 7) is 0.211. The number of hydrogen-bond donors (Lipinski definition) is 1. The van der Waals surface area contributed by atoms with Crippen LogP contribution < -0.4 is 15.9 Å². The first-order valence-electron chi connectivity index (χ1n) is 8.94. The van der Waals surface area contributed by atoms with Crippen LogP contribution in [0.5, 0.6) is 5.75 Å². The Balaban J connectivity index is 1.81. The molecule has 0 aromatic heterocycles. The van der Waals surface area contributed by atoms with Gasteiger partial charge in [-0.15, -0.1) is 0 Å². The maximum atomic E-state index is 13.9. The third-order valence-electron chi connectivity index (χ3n) is 4.45. The summed E-state index contributed by atoms with van der Waals surface area (Å²) in [6.07, 6.45) is -3.05. The standard InChI is InChI=1S/C20H16BF5N2O2S/c1-19(22,23)13-8-12(20(24,25)26)4-3-11(13)9-30-15-5-2-10(6-14(15)21)7-16-17(27)28-18(29)31-16/h2-8H,9,21H2,1H3,(H2,27,28,29)/b16-7-. The van der Waals surface area contributed by atoms with Crippen LogP contribution in [0.25, 0.3) is 6.08 Å². The lowest BCUT2D eigenvalue weighted by Gasteiger charge is -2.19. The minimum atomic E-state index is -4.73. The van der Waals surface area contributed by atoms with Crippen LogP contribution in [0.1, 0.15) is 29.2 Å². The van der Waals surface area contributed by atoms with E-state index in [-0.39, 0.29) is 18.0 Å². The number of rotatable bonds is 5. The molecule has 0 radical (unpaired) electrons. The Morgan fingerprint density at radius 3 is 2.42 bits per heavy atom. The van der Waals surface area contributed by atoms with Gasteiger partial charge in [-0.05, 0) is 52.6 Å². The van der Waals surface area contributed by atoms with Gasteiger partial charge in [-0.3, -0.25) is 4.79 Å². The average molecular weight is 454 g/mol. The summed E-state index contributed by atoms with van der Waals surface area (Å²) >= 11 is 0.904. The fraction of sp³-hybridized carbons (Fsp3) is 0.200. The maximum Gasteiger partial charge on any atom is 0.416 e. The molecule has 0 fully saturated rings. The minimum absolute atomic E-state index is 0.0454. The lowest BCUT2D eigenvalue weighted by Crippen LogP contribution is -2.16. The number of ether oxygens (including phenoxy) is 1. The van der Waals surface area contributed by atoms with Gasteiger partial charge in [0.2, 0.25) is 0 Å². The highest BCUT2D eigenvalue weighted by Gasteiger charge is 2.35. The Labute approximate surface area is 179 Å². The minimum Gasteiger partial charge on any atom is -0.489 e. The van der Waals surface area contributed by atoms with Crippen molar-refractivity contribution in [3.8, 4) is 5.75 Å². The van der Waals surface area contributed by atoms with Crippen molar-refractivity contribution in [2.24, 2.45) is 10.7 Å². The molecular weight excluding hydrogens is 438 g/mol. The van der Waals surface area contributed by atoms with Crippen LogP contribution in [0.4, 0.5) is 26.7 Å². The highest BCUT2D eigenvalue weighted by atomic mass is 32.2. The number of halogens is 5. The second-order valence-corrected chi connectivity index (χ2v) is 7.94. The van der Waals surface area contributed by atoms with Crippen molar-refractivity contribution in [2.45, 2.75) is 25.6 Å². The van der Waals surface area contributed by atoms with Gasteiger partial charge in [-0.2, -0.15) is 18.2 Å². The first-order valence-corrected chi connectivity index (χ1v) is 9.76. The summed E-state index contributed by atoms with van der Waals surface area (Å²) in [5.74, 6) is -2.96. The molecule has 0 spiro atoms. The quantitative estimate of drug-likeness (QED) is 0.543. The van der Waals surface area contributed by atoms with Crippen LogP contribution >= 0.6 is 11.8 Å². The molecule has 0 saturated heterocycles. The number of hydrogen-bond acceptors (Lipinski definition) is 4. The van der Waals surface area contributed by atoms with Gasteiger partial charge in [0, 0.05) is 12.5 Å². The zero-order valence-corrected chi connectivity index (χ0v) is 17.2. The van der Waals surface area contributed by atoms with E-state index in [1.54, 1.807) is 32.1 Å². The number of nitrogens with zero attached hydrogens (tertiary/aromatic N) is 1. The van der Waals surface area contributed by atoms with Gasteiger partial charge in [-0.1, -0.05) is 18.2 Å². The van der Waals surface area contributed by atoms with Crippen molar-refractivity contribution in [3.05, 3.63) is 63.6 Å². The molecule has 2 aromatic rings. The molecule has 3 rings (SSSR count). The number of amidine groups is 1. The molecule has 0 bridgehead atoms. The number of carbonyl (C=O) groups is 1. The molecule has 1 aliphatic heterocycles. The summed E-state index contributed by atoms with van der Waals surface area (Å²) in [5, 5.41) is -0.402. The second kappa shape index (κ2) is 8.37. The smallest absolute Gasteiger partial charge is 0.416 e. The zero-order valence-electron chi connectivity index (χ0n) is 16.4. The molecule has 0 saturated carbocycles. The molecule has 1 aliphatic rings. The molecule has 2 aromatic carbocycles. The van der Waals surface area contributed by atoms with E-state index in [1.807, 2.05) is 0 Å². The van der Waals surface area contributed by atoms with Crippen LogP contribution in [0.2, 0.25) is 0 Å². The van der Waals surface area contributed by atoms with Gasteiger partial charge < -0.3 is 10.5 Å². The number of aliphatic imine (C=N–C) groups is 1. The third-order valence-corrected chi connectivity index (χ3v) is 5.26. The van der Waals surface area contributed by atoms with Gasteiger partial charge in [0.05, 0.1) is 10.5 Å². The lowest BCUT2D eigenvalue weighted by atomic mass is 9.93. The maximum absolute atomic E-state index is 13.9. The van der Waals surface area contributed by atoms with Gasteiger partial charge in [0.25, 0.3) is 5.92 Å². The first kappa shape index (κ1) is 22.9. The SMILES string of the molecule is Bc1cc(/C=C2\SC(=O)N=C2N)ccc1OCc1ccc(C(F)(F)F)cc1C(C)(F)F. The van der Waals surface area contributed by atoms with Crippen molar-refractivity contribution < 1.29 is 31.5 Å². The molecule has 31 heavy (non-hydrogen) atoms. The molecule has 1 amide bonds. The van der Waals surface area contributed by atoms with Crippen molar-refractivity contribution in [1.82, 2.24) is 0 Å². The normalized spacial score (nSPS) is 16.0. The topological polar surface area (TPSA) is 64.7 Å². The molecule has 0 unspecified atom stereocenters. The van der Waals surface area contributed by atoms with Crippen molar-refractivity contribution >= 4 is 42.2 Å². The van der Waals surface area contributed by atoms with Gasteiger partial charge in [-0.25, -0.2) is 8.78 Å². The van der Waals surface area contributed by atoms with Crippen LogP contribution in [0.15, 0.2) is 46.3 Å². The lowest BCUT2D eigenvalue weighted by molar-refractivity contribution is -0.137. The largest absolute Gasteiger partial charge is 0.489 e. The molecule has 4 nitrogen and oxygen atoms in total. The van der Waals surface area contributed by atoms with E-state index < -0.39 is 28.5 Å². The fourth-order valence-electron chi connectivity index (χ4n) is 2.94. The van der Waals surface area contributed by atoms with Gasteiger partial charge >= 0.3 is 11.4 Å². The zero-order chi connectivity index (χ0) is 23.0. The van der Waals surface area contributed by atoms with E-state index in [0.29, 0.717) is 29.1 Å².